The second-order valence-electron chi connectivity index (χ2n) is 5.72. The molecule has 1 aromatic carbocycles. The molecular weight excluding hydrogens is 384 g/mol. The van der Waals surface area contributed by atoms with Crippen molar-refractivity contribution in [3.8, 4) is 28.5 Å². The van der Waals surface area contributed by atoms with Crippen LogP contribution in [0.15, 0.2) is 41.1 Å². The molecule has 8 heteroatoms. The Hall–Kier alpha value is -3.26. The first kappa shape index (κ1) is 17.2. The lowest BCUT2D eigenvalue weighted by atomic mass is 10.1. The smallest absolute Gasteiger partial charge is 0.177 e. The van der Waals surface area contributed by atoms with E-state index in [1.165, 1.54) is 18.4 Å². The average Bonchev–Trinajstić information content (AvgIpc) is 3.40. The summed E-state index contributed by atoms with van der Waals surface area (Å²) in [6.07, 6.45) is 1.70. The van der Waals surface area contributed by atoms with Crippen LogP contribution in [0.4, 0.5) is 0 Å². The average molecular weight is 395 g/mol. The van der Waals surface area contributed by atoms with Gasteiger partial charge in [-0.15, -0.1) is 11.3 Å². The maximum absolute atomic E-state index is 9.51. The van der Waals surface area contributed by atoms with E-state index in [1.807, 2.05) is 16.7 Å². The standard InChI is InChI=1S/C19H11ClN4O2S/c1-25-14-3-2-11(7-21)19-18(14)12(8-22)9-24(19)10-13-6-15(26-23-13)16-4-5-17(20)27-16/h2-6,9H,10H2,1H3. The molecule has 0 atom stereocenters. The molecule has 0 saturated carbocycles. The van der Waals surface area contributed by atoms with Gasteiger partial charge in [0.25, 0.3) is 0 Å². The summed E-state index contributed by atoms with van der Waals surface area (Å²) in [5.74, 6) is 1.17. The molecule has 0 aliphatic carbocycles. The van der Waals surface area contributed by atoms with Crippen molar-refractivity contribution in [1.82, 2.24) is 9.72 Å². The maximum Gasteiger partial charge on any atom is 0.177 e. The molecule has 0 N–H and O–H groups in total. The van der Waals surface area contributed by atoms with E-state index in [0.717, 1.165) is 4.88 Å². The number of halogens is 1. The molecule has 0 spiro atoms. The Kier molecular flexibility index (Phi) is 4.33. The number of fused-ring (bicyclic) bond motifs is 1. The van der Waals surface area contributed by atoms with E-state index in [1.54, 1.807) is 24.4 Å². The molecule has 0 unspecified atom stereocenters. The zero-order chi connectivity index (χ0) is 19.0. The summed E-state index contributed by atoms with van der Waals surface area (Å²) >= 11 is 7.38. The van der Waals surface area contributed by atoms with E-state index in [4.69, 9.17) is 20.9 Å². The highest BCUT2D eigenvalue weighted by Crippen LogP contribution is 2.34. The van der Waals surface area contributed by atoms with E-state index in [2.05, 4.69) is 17.3 Å². The SMILES string of the molecule is COc1ccc(C#N)c2c1c(C#N)cn2Cc1cc(-c2ccc(Cl)s2)on1. The van der Waals surface area contributed by atoms with Gasteiger partial charge in [-0.25, -0.2) is 0 Å². The molecule has 0 radical (unpaired) electrons. The van der Waals surface area contributed by atoms with Crippen LogP contribution in [0, 0.1) is 22.7 Å². The van der Waals surface area contributed by atoms with E-state index < -0.39 is 0 Å². The lowest BCUT2D eigenvalue weighted by Crippen LogP contribution is -1.99. The Morgan fingerprint density at radius 2 is 2.04 bits per heavy atom. The topological polar surface area (TPSA) is 87.8 Å². The first-order valence-corrected chi connectivity index (χ1v) is 9.05. The molecular formula is C19H11ClN4O2S. The number of nitrogens with zero attached hydrogens (tertiary/aromatic N) is 4. The Balaban J connectivity index is 1.80. The van der Waals surface area contributed by atoms with Crippen molar-refractivity contribution in [2.24, 2.45) is 0 Å². The molecule has 3 heterocycles. The van der Waals surface area contributed by atoms with Crippen LogP contribution in [-0.4, -0.2) is 16.8 Å². The summed E-state index contributed by atoms with van der Waals surface area (Å²) in [4.78, 5) is 0.883. The lowest BCUT2D eigenvalue weighted by molar-refractivity contribution is 0.419. The minimum Gasteiger partial charge on any atom is -0.496 e. The van der Waals surface area contributed by atoms with Crippen molar-refractivity contribution >= 4 is 33.8 Å². The van der Waals surface area contributed by atoms with E-state index in [0.29, 0.717) is 50.1 Å². The number of aromatic nitrogens is 2. The number of rotatable bonds is 4. The van der Waals surface area contributed by atoms with Crippen molar-refractivity contribution in [2.75, 3.05) is 7.11 Å². The Labute approximate surface area is 163 Å². The van der Waals surface area contributed by atoms with Crippen LogP contribution in [0.1, 0.15) is 16.8 Å². The van der Waals surface area contributed by atoms with Gasteiger partial charge in [-0.3, -0.25) is 0 Å². The molecule has 6 nitrogen and oxygen atoms in total. The Bertz CT molecular complexity index is 1240. The number of benzene rings is 1. The van der Waals surface area contributed by atoms with Gasteiger partial charge >= 0.3 is 0 Å². The van der Waals surface area contributed by atoms with Crippen LogP contribution in [0.2, 0.25) is 4.34 Å². The third kappa shape index (κ3) is 2.93. The normalized spacial score (nSPS) is 10.7. The zero-order valence-corrected chi connectivity index (χ0v) is 15.6. The summed E-state index contributed by atoms with van der Waals surface area (Å²) in [5.41, 5.74) is 2.20. The van der Waals surface area contributed by atoms with Crippen molar-refractivity contribution in [3.63, 3.8) is 0 Å². The highest BCUT2D eigenvalue weighted by Gasteiger charge is 2.18. The zero-order valence-electron chi connectivity index (χ0n) is 14.1. The fourth-order valence-corrected chi connectivity index (χ4v) is 4.00. The molecule has 0 aliphatic rings. The predicted octanol–water partition coefficient (Wildman–Crippen LogP) is 4.81. The lowest BCUT2D eigenvalue weighted by Gasteiger charge is -2.06. The van der Waals surface area contributed by atoms with Crippen LogP contribution in [0.3, 0.4) is 0 Å². The minimum absolute atomic E-state index is 0.350. The summed E-state index contributed by atoms with van der Waals surface area (Å²) in [6.45, 7) is 0.350. The molecule has 27 heavy (non-hydrogen) atoms. The van der Waals surface area contributed by atoms with Crippen molar-refractivity contribution in [1.29, 1.82) is 10.5 Å². The number of hydrogen-bond acceptors (Lipinski definition) is 6. The molecule has 0 amide bonds. The third-order valence-electron chi connectivity index (χ3n) is 4.15. The van der Waals surface area contributed by atoms with Crippen LogP contribution >= 0.6 is 22.9 Å². The van der Waals surface area contributed by atoms with Gasteiger partial charge in [-0.2, -0.15) is 10.5 Å². The number of ether oxygens (including phenoxy) is 1. The molecule has 0 fully saturated rings. The molecule has 0 bridgehead atoms. The summed E-state index contributed by atoms with van der Waals surface area (Å²) in [6, 6.07) is 13.2. The first-order valence-electron chi connectivity index (χ1n) is 7.86. The van der Waals surface area contributed by atoms with Gasteiger partial charge < -0.3 is 13.8 Å². The largest absolute Gasteiger partial charge is 0.496 e. The van der Waals surface area contributed by atoms with Crippen molar-refractivity contribution < 1.29 is 9.26 Å². The maximum atomic E-state index is 9.51. The van der Waals surface area contributed by atoms with E-state index >= 15 is 0 Å². The van der Waals surface area contributed by atoms with Gasteiger partial charge in [0.15, 0.2) is 5.76 Å². The Morgan fingerprint density at radius 3 is 2.70 bits per heavy atom. The number of methoxy groups -OCH3 is 1. The van der Waals surface area contributed by atoms with Gasteiger partial charge in [-0.1, -0.05) is 16.8 Å². The van der Waals surface area contributed by atoms with Crippen LogP contribution in [0.5, 0.6) is 5.75 Å². The van der Waals surface area contributed by atoms with E-state index in [9.17, 15) is 10.5 Å². The van der Waals surface area contributed by atoms with Crippen LogP contribution in [-0.2, 0) is 6.54 Å². The molecule has 3 aromatic heterocycles. The molecule has 132 valence electrons. The molecule has 0 saturated heterocycles. The fourth-order valence-electron chi connectivity index (χ4n) is 3.01. The first-order chi connectivity index (χ1) is 13.1. The Morgan fingerprint density at radius 1 is 1.22 bits per heavy atom. The molecule has 4 aromatic rings. The van der Waals surface area contributed by atoms with Gasteiger partial charge in [0.1, 0.15) is 23.6 Å². The summed E-state index contributed by atoms with van der Waals surface area (Å²) < 4.78 is 13.3. The van der Waals surface area contributed by atoms with Gasteiger partial charge in [0.05, 0.1) is 44.9 Å². The second-order valence-corrected chi connectivity index (χ2v) is 7.43. The third-order valence-corrected chi connectivity index (χ3v) is 5.40. The van der Waals surface area contributed by atoms with E-state index in [-0.39, 0.29) is 0 Å². The second kappa shape index (κ2) is 6.81. The number of nitriles is 2. The van der Waals surface area contributed by atoms with Gasteiger partial charge in [0, 0.05) is 12.3 Å². The van der Waals surface area contributed by atoms with Crippen LogP contribution < -0.4 is 4.74 Å². The minimum atomic E-state index is 0.350. The van der Waals surface area contributed by atoms with Gasteiger partial charge in [-0.05, 0) is 24.3 Å². The summed E-state index contributed by atoms with van der Waals surface area (Å²) in [5, 5.41) is 23.7. The highest BCUT2D eigenvalue weighted by atomic mass is 35.5. The van der Waals surface area contributed by atoms with Crippen molar-refractivity contribution in [2.45, 2.75) is 6.54 Å². The highest BCUT2D eigenvalue weighted by molar-refractivity contribution is 7.19. The van der Waals surface area contributed by atoms with Crippen LogP contribution in [0.25, 0.3) is 21.5 Å². The van der Waals surface area contributed by atoms with Gasteiger partial charge in [0.2, 0.25) is 0 Å². The quantitative estimate of drug-likeness (QED) is 0.495. The molecule has 4 rings (SSSR count). The van der Waals surface area contributed by atoms with Crippen molar-refractivity contribution in [3.05, 3.63) is 57.7 Å². The fraction of sp³-hybridized carbons (Fsp3) is 0.105. The monoisotopic (exact) mass is 394 g/mol. The molecule has 0 aliphatic heterocycles. The number of hydrogen-bond donors (Lipinski definition) is 0. The predicted molar refractivity (Wildman–Crippen MR) is 102 cm³/mol. The number of thiophene rings is 1. The summed E-state index contributed by atoms with van der Waals surface area (Å²) in [7, 11) is 1.54.